The van der Waals surface area contributed by atoms with Crippen LogP contribution in [0.2, 0.25) is 10.0 Å². The highest BCUT2D eigenvalue weighted by atomic mass is 35.5. The standard InChI is InChI=1S/C18H14Cl2O7.C11H11N5.ClH/c1-5-9-16(11(20)13(22)10(5)19)26-14-6(2)8(17(23)25-4)12(21)7(3)15(14)27-18(9)24;12-10-7-6-9(11(13)14-10)16-15-8-4-2-1-3-5-8;/h21-22H,1-4H3;1-7H,(H4,12,13,14);1H. The van der Waals surface area contributed by atoms with Crippen molar-refractivity contribution in [3.63, 3.8) is 0 Å². The molecule has 0 saturated heterocycles. The zero-order valence-electron chi connectivity index (χ0n) is 23.6. The van der Waals surface area contributed by atoms with Gasteiger partial charge in [-0.15, -0.1) is 17.5 Å². The number of hydrogen-bond acceptors (Lipinski definition) is 12. The van der Waals surface area contributed by atoms with Crippen LogP contribution in [0.15, 0.2) is 52.7 Å². The summed E-state index contributed by atoms with van der Waals surface area (Å²) >= 11 is 12.2. The smallest absolute Gasteiger partial charge is 0.347 e. The summed E-state index contributed by atoms with van der Waals surface area (Å²) in [5.41, 5.74) is 12.7. The average molecular weight is 663 g/mol. The van der Waals surface area contributed by atoms with Crippen LogP contribution in [-0.2, 0) is 4.74 Å². The first-order valence-corrected chi connectivity index (χ1v) is 13.2. The molecule has 0 saturated carbocycles. The van der Waals surface area contributed by atoms with E-state index in [9.17, 15) is 19.8 Å². The molecule has 1 aliphatic heterocycles. The number of ether oxygens (including phenoxy) is 3. The molecule has 6 N–H and O–H groups in total. The number of aromatic hydroxyl groups is 2. The second-order valence-corrected chi connectivity index (χ2v) is 9.85. The molecule has 44 heavy (non-hydrogen) atoms. The molecule has 12 nitrogen and oxygen atoms in total. The summed E-state index contributed by atoms with van der Waals surface area (Å²) in [6.45, 7) is 4.43. The summed E-state index contributed by atoms with van der Waals surface area (Å²) in [5.74, 6) is -2.09. The number of rotatable bonds is 3. The van der Waals surface area contributed by atoms with Gasteiger partial charge in [-0.3, -0.25) is 0 Å². The lowest BCUT2D eigenvalue weighted by Crippen LogP contribution is -2.11. The van der Waals surface area contributed by atoms with Crippen LogP contribution >= 0.6 is 35.6 Å². The van der Waals surface area contributed by atoms with Crippen LogP contribution in [0.3, 0.4) is 0 Å². The largest absolute Gasteiger partial charge is 0.507 e. The molecule has 1 aliphatic rings. The minimum absolute atomic E-state index is 0. The van der Waals surface area contributed by atoms with E-state index >= 15 is 0 Å². The molecular formula is C29H26Cl3N5O7. The van der Waals surface area contributed by atoms with E-state index in [0.29, 0.717) is 11.5 Å². The zero-order valence-corrected chi connectivity index (χ0v) is 26.0. The molecule has 0 bridgehead atoms. The van der Waals surface area contributed by atoms with Crippen molar-refractivity contribution < 1.29 is 34.0 Å². The van der Waals surface area contributed by atoms with Crippen LogP contribution < -0.4 is 20.9 Å². The third-order valence-corrected chi connectivity index (χ3v) is 7.16. The zero-order chi connectivity index (χ0) is 31.6. The van der Waals surface area contributed by atoms with Gasteiger partial charge in [0.15, 0.2) is 28.8 Å². The molecule has 0 spiro atoms. The summed E-state index contributed by atoms with van der Waals surface area (Å²) in [6.07, 6.45) is 0. The van der Waals surface area contributed by atoms with Gasteiger partial charge in [0.25, 0.3) is 0 Å². The molecule has 0 radical (unpaired) electrons. The number of phenolic OH excluding ortho intramolecular Hbond substituents is 2. The first-order valence-electron chi connectivity index (χ1n) is 12.4. The highest BCUT2D eigenvalue weighted by Gasteiger charge is 2.35. The number of nitrogen functional groups attached to an aromatic ring is 2. The first-order chi connectivity index (χ1) is 20.4. The highest BCUT2D eigenvalue weighted by Crippen LogP contribution is 2.52. The number of benzene rings is 3. The molecule has 0 amide bonds. The number of nitrogens with two attached hydrogens (primary N) is 2. The predicted molar refractivity (Wildman–Crippen MR) is 168 cm³/mol. The fraction of sp³-hybridized carbons (Fsp3) is 0.138. The molecule has 0 aliphatic carbocycles. The Kier molecular flexibility index (Phi) is 10.5. The number of methoxy groups -OCH3 is 1. The Bertz CT molecular complexity index is 1800. The summed E-state index contributed by atoms with van der Waals surface area (Å²) in [4.78, 5) is 28.6. The summed E-state index contributed by atoms with van der Waals surface area (Å²) < 4.78 is 15.9. The number of phenols is 2. The predicted octanol–water partition coefficient (Wildman–Crippen LogP) is 7.52. The lowest BCUT2D eigenvalue weighted by molar-refractivity contribution is 0.0596. The normalized spacial score (nSPS) is 11.5. The Balaban J connectivity index is 0.000000266. The minimum Gasteiger partial charge on any atom is -0.507 e. The lowest BCUT2D eigenvalue weighted by Gasteiger charge is -2.17. The number of carbonyl (C=O) groups is 2. The maximum Gasteiger partial charge on any atom is 0.347 e. The van der Waals surface area contributed by atoms with Gasteiger partial charge in [-0.2, -0.15) is 5.11 Å². The van der Waals surface area contributed by atoms with Gasteiger partial charge in [-0.1, -0.05) is 41.4 Å². The number of anilines is 2. The summed E-state index contributed by atoms with van der Waals surface area (Å²) in [5, 5.41) is 28.1. The van der Waals surface area contributed by atoms with Gasteiger partial charge in [0.05, 0.1) is 17.8 Å². The number of carbonyl (C=O) groups excluding carboxylic acids is 2. The van der Waals surface area contributed by atoms with Crippen molar-refractivity contribution in [2.24, 2.45) is 10.2 Å². The van der Waals surface area contributed by atoms with Crippen LogP contribution in [0.4, 0.5) is 23.0 Å². The highest BCUT2D eigenvalue weighted by molar-refractivity contribution is 6.39. The first kappa shape index (κ1) is 33.7. The number of esters is 2. The number of azo groups is 1. The van der Waals surface area contributed by atoms with E-state index in [4.69, 9.17) is 48.9 Å². The Morgan fingerprint density at radius 2 is 1.50 bits per heavy atom. The maximum atomic E-state index is 12.7. The van der Waals surface area contributed by atoms with E-state index in [1.807, 2.05) is 30.3 Å². The summed E-state index contributed by atoms with van der Waals surface area (Å²) in [7, 11) is 1.17. The van der Waals surface area contributed by atoms with Gasteiger partial charge in [0, 0.05) is 11.1 Å². The van der Waals surface area contributed by atoms with Gasteiger partial charge in [0.1, 0.15) is 33.4 Å². The SMILES string of the molecule is COC(=O)c1c(C)c2c(c(C)c1O)OC(=O)c1c(C)c(Cl)c(O)c(Cl)c1O2.Cl.Nc1ccc(N=Nc2ccccc2)c(N)n1. The van der Waals surface area contributed by atoms with Crippen molar-refractivity contribution in [2.75, 3.05) is 18.6 Å². The van der Waals surface area contributed by atoms with E-state index in [2.05, 4.69) is 15.2 Å². The van der Waals surface area contributed by atoms with Crippen molar-refractivity contribution in [3.8, 4) is 28.7 Å². The van der Waals surface area contributed by atoms with Crippen LogP contribution in [0.25, 0.3) is 0 Å². The van der Waals surface area contributed by atoms with Crippen LogP contribution in [0.1, 0.15) is 37.4 Å². The molecule has 1 aromatic heterocycles. The van der Waals surface area contributed by atoms with Crippen LogP contribution in [0.5, 0.6) is 28.7 Å². The number of aromatic nitrogens is 1. The molecular weight excluding hydrogens is 637 g/mol. The fourth-order valence-corrected chi connectivity index (χ4v) is 4.52. The molecule has 3 aromatic carbocycles. The Hall–Kier alpha value is -4.78. The van der Waals surface area contributed by atoms with Gasteiger partial charge in [0.2, 0.25) is 0 Å². The number of fused-ring (bicyclic) bond motifs is 2. The Labute approximate surface area is 267 Å². The Morgan fingerprint density at radius 1 is 0.864 bits per heavy atom. The molecule has 4 aromatic rings. The van der Waals surface area contributed by atoms with Crippen molar-refractivity contribution in [3.05, 3.63) is 80.3 Å². The van der Waals surface area contributed by atoms with Crippen molar-refractivity contribution >= 4 is 70.6 Å². The van der Waals surface area contributed by atoms with E-state index in [1.54, 1.807) is 12.1 Å². The average Bonchev–Trinajstić information content (AvgIpc) is 3.15. The lowest BCUT2D eigenvalue weighted by atomic mass is 10.0. The van der Waals surface area contributed by atoms with E-state index in [0.717, 1.165) is 5.69 Å². The van der Waals surface area contributed by atoms with E-state index in [1.165, 1.54) is 27.9 Å². The van der Waals surface area contributed by atoms with Gasteiger partial charge in [-0.25, -0.2) is 14.6 Å². The molecule has 5 rings (SSSR count). The van der Waals surface area contributed by atoms with Crippen molar-refractivity contribution in [1.29, 1.82) is 0 Å². The van der Waals surface area contributed by atoms with E-state index in [-0.39, 0.29) is 73.3 Å². The van der Waals surface area contributed by atoms with Gasteiger partial charge in [-0.05, 0) is 50.6 Å². The molecule has 0 fully saturated rings. The minimum atomic E-state index is -0.835. The second kappa shape index (κ2) is 13.7. The van der Waals surface area contributed by atoms with Crippen LogP contribution in [0, 0.1) is 20.8 Å². The quantitative estimate of drug-likeness (QED) is 0.0968. The molecule has 0 unspecified atom stereocenters. The molecule has 230 valence electrons. The van der Waals surface area contributed by atoms with Crippen LogP contribution in [-0.4, -0.2) is 34.2 Å². The van der Waals surface area contributed by atoms with Gasteiger partial charge < -0.3 is 35.9 Å². The van der Waals surface area contributed by atoms with Crippen molar-refractivity contribution in [1.82, 2.24) is 4.98 Å². The van der Waals surface area contributed by atoms with Gasteiger partial charge >= 0.3 is 11.9 Å². The summed E-state index contributed by atoms with van der Waals surface area (Å²) in [6, 6.07) is 12.7. The van der Waals surface area contributed by atoms with Crippen molar-refractivity contribution in [2.45, 2.75) is 20.8 Å². The number of nitrogens with zero attached hydrogens (tertiary/aromatic N) is 3. The maximum absolute atomic E-state index is 12.7. The number of pyridine rings is 1. The topological polar surface area (TPSA) is 192 Å². The number of halogens is 3. The second-order valence-electron chi connectivity index (χ2n) is 9.10. The monoisotopic (exact) mass is 661 g/mol. The third-order valence-electron chi connectivity index (χ3n) is 6.35. The molecule has 2 heterocycles. The third kappa shape index (κ3) is 6.42. The Morgan fingerprint density at radius 3 is 2.11 bits per heavy atom. The van der Waals surface area contributed by atoms with E-state index < -0.39 is 23.4 Å². The number of hydrogen-bond donors (Lipinski definition) is 4. The molecule has 0 atom stereocenters. The molecule has 15 heteroatoms. The fourth-order valence-electron chi connectivity index (χ4n) is 4.06.